The molecule has 1 unspecified atom stereocenters. The Hall–Kier alpha value is 0.956. The minimum Gasteiger partial charge on any atom is -0.344 e. The van der Waals surface area contributed by atoms with E-state index in [0.717, 1.165) is 0 Å². The van der Waals surface area contributed by atoms with Crippen molar-refractivity contribution < 1.29 is 9.46 Å². The van der Waals surface area contributed by atoms with Gasteiger partial charge in [-0.15, -0.1) is 0 Å². The number of rotatable bonds is 1. The smallest absolute Gasteiger partial charge is 0.316 e. The van der Waals surface area contributed by atoms with Crippen LogP contribution in [0.25, 0.3) is 0 Å². The summed E-state index contributed by atoms with van der Waals surface area (Å²) in [5.74, 6) is 0. The normalized spacial score (nSPS) is 17.0. The van der Waals surface area contributed by atoms with Crippen LogP contribution in [0.15, 0.2) is 0 Å². The minimum atomic E-state index is -2.65. The molecule has 0 aliphatic heterocycles. The van der Waals surface area contributed by atoms with Crippen LogP contribution in [0.1, 0.15) is 6.92 Å². The second-order valence-electron chi connectivity index (χ2n) is 1.37. The molecule has 0 saturated carbocycles. The fourth-order valence-electron chi connectivity index (χ4n) is 0. The highest BCUT2D eigenvalue weighted by Gasteiger charge is 2.01. The molecule has 42 valence electrons. The standard InChI is InChI=1S/C3H9O2P.Mg.2H/c1-3-6(2,4)5;;;/h3H2,1-2H3,(H,4,5);;;. The average molecular weight is 134 g/mol. The Kier molecular flexibility index (Phi) is 6.04. The van der Waals surface area contributed by atoms with Crippen molar-refractivity contribution in [3.63, 3.8) is 0 Å². The molecule has 0 radical (unpaired) electrons. The van der Waals surface area contributed by atoms with E-state index in [2.05, 4.69) is 0 Å². The monoisotopic (exact) mass is 134 g/mol. The molecule has 0 aliphatic rings. The quantitative estimate of drug-likeness (QED) is 0.405. The first-order valence-corrected chi connectivity index (χ1v) is 4.15. The van der Waals surface area contributed by atoms with Crippen LogP contribution in [0, 0.1) is 0 Å². The fourth-order valence-corrected chi connectivity index (χ4v) is 0. The van der Waals surface area contributed by atoms with Gasteiger partial charge in [0.15, 0.2) is 7.37 Å². The van der Waals surface area contributed by atoms with Gasteiger partial charge in [-0.05, 0) is 0 Å². The molecule has 0 saturated heterocycles. The van der Waals surface area contributed by atoms with E-state index in [1.807, 2.05) is 0 Å². The lowest BCUT2D eigenvalue weighted by atomic mass is 11.0. The lowest BCUT2D eigenvalue weighted by molar-refractivity contribution is 0.486. The van der Waals surface area contributed by atoms with Crippen LogP contribution in [-0.4, -0.2) is 40.8 Å². The lowest BCUT2D eigenvalue weighted by Crippen LogP contribution is -1.75. The van der Waals surface area contributed by atoms with Crippen LogP contribution >= 0.6 is 7.37 Å². The Balaban J connectivity index is 0. The maximum atomic E-state index is 10.1. The highest BCUT2D eigenvalue weighted by Crippen LogP contribution is 2.33. The first-order chi connectivity index (χ1) is 2.56. The van der Waals surface area contributed by atoms with E-state index >= 15 is 0 Å². The summed E-state index contributed by atoms with van der Waals surface area (Å²) in [4.78, 5) is 8.38. The van der Waals surface area contributed by atoms with Gasteiger partial charge >= 0.3 is 23.1 Å². The summed E-state index contributed by atoms with van der Waals surface area (Å²) in [6.45, 7) is 3.05. The molecule has 2 nitrogen and oxygen atoms in total. The Morgan fingerprint density at radius 3 is 1.86 bits per heavy atom. The van der Waals surface area contributed by atoms with E-state index < -0.39 is 7.37 Å². The van der Waals surface area contributed by atoms with Gasteiger partial charge in [0.2, 0.25) is 0 Å². The summed E-state index contributed by atoms with van der Waals surface area (Å²) >= 11 is 0. The summed E-state index contributed by atoms with van der Waals surface area (Å²) in [5.41, 5.74) is 0. The molecule has 0 fully saturated rings. The molecule has 7 heavy (non-hydrogen) atoms. The van der Waals surface area contributed by atoms with Crippen molar-refractivity contribution >= 4 is 30.4 Å². The Morgan fingerprint density at radius 1 is 1.71 bits per heavy atom. The summed E-state index contributed by atoms with van der Waals surface area (Å²) in [6.07, 6.45) is 0.382. The van der Waals surface area contributed by atoms with E-state index in [0.29, 0.717) is 6.16 Å². The van der Waals surface area contributed by atoms with E-state index in [1.165, 1.54) is 6.66 Å². The second-order valence-corrected chi connectivity index (χ2v) is 4.10. The molecular weight excluding hydrogens is 123 g/mol. The maximum absolute atomic E-state index is 10.1. The SMILES string of the molecule is CCP(C)(=O)O.[MgH2]. The van der Waals surface area contributed by atoms with Crippen molar-refractivity contribution in [3.8, 4) is 0 Å². The molecule has 0 spiro atoms. The van der Waals surface area contributed by atoms with E-state index in [-0.39, 0.29) is 23.1 Å². The third-order valence-electron chi connectivity index (χ3n) is 0.587. The predicted octanol–water partition coefficient (Wildman–Crippen LogP) is -0.00970. The lowest BCUT2D eigenvalue weighted by Gasteiger charge is -1.94. The van der Waals surface area contributed by atoms with Crippen molar-refractivity contribution in [2.45, 2.75) is 6.92 Å². The molecule has 0 heterocycles. The van der Waals surface area contributed by atoms with E-state index in [1.54, 1.807) is 6.92 Å². The molecule has 1 N–H and O–H groups in total. The third-order valence-corrected chi connectivity index (χ3v) is 1.76. The molecule has 0 bridgehead atoms. The van der Waals surface area contributed by atoms with Crippen LogP contribution in [0.2, 0.25) is 0 Å². The summed E-state index contributed by atoms with van der Waals surface area (Å²) in [7, 11) is -2.65. The largest absolute Gasteiger partial charge is 0.344 e. The Labute approximate surface area is 59.9 Å². The highest BCUT2D eigenvalue weighted by atomic mass is 31.2. The summed E-state index contributed by atoms with van der Waals surface area (Å²) < 4.78 is 10.1. The first kappa shape index (κ1) is 10.9. The van der Waals surface area contributed by atoms with Gasteiger partial charge in [-0.1, -0.05) is 6.92 Å². The molecular formula is C3H11MgO2P. The Bertz CT molecular complexity index is 77.0. The van der Waals surface area contributed by atoms with Gasteiger partial charge in [0.25, 0.3) is 0 Å². The molecule has 0 aromatic carbocycles. The summed E-state index contributed by atoms with van der Waals surface area (Å²) in [6, 6.07) is 0. The zero-order valence-corrected chi connectivity index (χ0v) is 4.90. The van der Waals surface area contributed by atoms with Crippen molar-refractivity contribution in [2.75, 3.05) is 12.8 Å². The summed E-state index contributed by atoms with van der Waals surface area (Å²) in [5, 5.41) is 0. The van der Waals surface area contributed by atoms with Crippen LogP contribution in [-0.2, 0) is 4.57 Å². The molecule has 0 aromatic rings. The van der Waals surface area contributed by atoms with E-state index in [9.17, 15) is 4.57 Å². The molecule has 0 aliphatic carbocycles. The molecule has 4 heteroatoms. The van der Waals surface area contributed by atoms with Gasteiger partial charge in [0.05, 0.1) is 0 Å². The van der Waals surface area contributed by atoms with Crippen LogP contribution in [0.3, 0.4) is 0 Å². The van der Waals surface area contributed by atoms with Crippen molar-refractivity contribution in [2.24, 2.45) is 0 Å². The zero-order chi connectivity index (χ0) is 5.21. The van der Waals surface area contributed by atoms with Crippen molar-refractivity contribution in [3.05, 3.63) is 0 Å². The van der Waals surface area contributed by atoms with Crippen LogP contribution in [0.5, 0.6) is 0 Å². The topological polar surface area (TPSA) is 37.3 Å². The molecule has 0 rings (SSSR count). The van der Waals surface area contributed by atoms with Gasteiger partial charge in [-0.3, -0.25) is 4.57 Å². The zero-order valence-electron chi connectivity index (χ0n) is 4.01. The highest BCUT2D eigenvalue weighted by molar-refractivity contribution is 7.57. The fraction of sp³-hybridized carbons (Fsp3) is 1.00. The predicted molar refractivity (Wildman–Crippen MR) is 34.8 cm³/mol. The first-order valence-electron chi connectivity index (χ1n) is 1.85. The average Bonchev–Trinajstić information content (AvgIpc) is 1.35. The van der Waals surface area contributed by atoms with Gasteiger partial charge < -0.3 is 4.89 Å². The number of hydrogen-bond donors (Lipinski definition) is 1. The molecule has 0 amide bonds. The molecule has 1 atom stereocenters. The third kappa shape index (κ3) is 10.9. The van der Waals surface area contributed by atoms with Gasteiger partial charge in [0.1, 0.15) is 0 Å². The minimum absolute atomic E-state index is 0. The van der Waals surface area contributed by atoms with Gasteiger partial charge in [-0.2, -0.15) is 0 Å². The van der Waals surface area contributed by atoms with E-state index in [4.69, 9.17) is 4.89 Å². The van der Waals surface area contributed by atoms with Gasteiger partial charge in [-0.25, -0.2) is 0 Å². The molecule has 0 aromatic heterocycles. The van der Waals surface area contributed by atoms with Crippen LogP contribution in [0.4, 0.5) is 0 Å². The van der Waals surface area contributed by atoms with Crippen LogP contribution < -0.4 is 0 Å². The maximum Gasteiger partial charge on any atom is 0.316 e. The van der Waals surface area contributed by atoms with Crippen molar-refractivity contribution in [1.29, 1.82) is 0 Å². The second kappa shape index (κ2) is 3.90. The van der Waals surface area contributed by atoms with Gasteiger partial charge in [0, 0.05) is 12.8 Å². The number of hydrogen-bond acceptors (Lipinski definition) is 1. The van der Waals surface area contributed by atoms with Crippen molar-refractivity contribution in [1.82, 2.24) is 0 Å². The Morgan fingerprint density at radius 2 is 1.86 bits per heavy atom.